The van der Waals surface area contributed by atoms with Crippen LogP contribution in [0.15, 0.2) is 24.3 Å². The molecule has 1 aromatic heterocycles. The molecule has 0 radical (unpaired) electrons. The SMILES string of the molecule is CCc1cccc2c1NC(C)C2c1nc(OC)cc(OC)n1. The van der Waals surface area contributed by atoms with Gasteiger partial charge < -0.3 is 14.8 Å². The maximum atomic E-state index is 5.27. The molecule has 2 aromatic rings. The monoisotopic (exact) mass is 299 g/mol. The zero-order chi connectivity index (χ0) is 15.7. The average molecular weight is 299 g/mol. The zero-order valence-electron chi connectivity index (χ0n) is 13.4. The summed E-state index contributed by atoms with van der Waals surface area (Å²) < 4.78 is 10.5. The number of fused-ring (bicyclic) bond motifs is 1. The van der Waals surface area contributed by atoms with Crippen molar-refractivity contribution in [3.05, 3.63) is 41.2 Å². The van der Waals surface area contributed by atoms with Gasteiger partial charge >= 0.3 is 0 Å². The quantitative estimate of drug-likeness (QED) is 0.940. The van der Waals surface area contributed by atoms with Gasteiger partial charge in [-0.25, -0.2) is 0 Å². The van der Waals surface area contributed by atoms with Gasteiger partial charge in [0.15, 0.2) is 0 Å². The highest BCUT2D eigenvalue weighted by molar-refractivity contribution is 5.65. The molecule has 0 saturated heterocycles. The molecule has 0 fully saturated rings. The molecule has 0 aliphatic carbocycles. The number of nitrogens with zero attached hydrogens (tertiary/aromatic N) is 2. The van der Waals surface area contributed by atoms with Gasteiger partial charge in [-0.1, -0.05) is 25.1 Å². The molecule has 116 valence electrons. The van der Waals surface area contributed by atoms with Crippen molar-refractivity contribution in [1.29, 1.82) is 0 Å². The largest absolute Gasteiger partial charge is 0.481 e. The van der Waals surface area contributed by atoms with Crippen LogP contribution in [-0.4, -0.2) is 30.2 Å². The second-order valence-corrected chi connectivity index (χ2v) is 5.46. The number of aromatic nitrogens is 2. The van der Waals surface area contributed by atoms with E-state index < -0.39 is 0 Å². The lowest BCUT2D eigenvalue weighted by molar-refractivity contribution is 0.366. The molecule has 3 rings (SSSR count). The van der Waals surface area contributed by atoms with Crippen molar-refractivity contribution in [3.63, 3.8) is 0 Å². The normalized spacial score (nSPS) is 19.5. The predicted molar refractivity (Wildman–Crippen MR) is 85.9 cm³/mol. The molecule has 22 heavy (non-hydrogen) atoms. The van der Waals surface area contributed by atoms with Crippen molar-refractivity contribution in [2.75, 3.05) is 19.5 Å². The first-order chi connectivity index (χ1) is 10.7. The summed E-state index contributed by atoms with van der Waals surface area (Å²) in [5.74, 6) is 1.86. The number of nitrogens with one attached hydrogen (secondary N) is 1. The van der Waals surface area contributed by atoms with Crippen LogP contribution in [-0.2, 0) is 6.42 Å². The molecule has 0 bridgehead atoms. The lowest BCUT2D eigenvalue weighted by atomic mass is 9.93. The first-order valence-electron chi connectivity index (χ1n) is 7.53. The van der Waals surface area contributed by atoms with E-state index in [1.165, 1.54) is 16.8 Å². The molecule has 5 heteroatoms. The predicted octanol–water partition coefficient (Wildman–Crippen LogP) is 3.00. The molecule has 1 aliphatic rings. The third-order valence-electron chi connectivity index (χ3n) is 4.16. The van der Waals surface area contributed by atoms with Crippen molar-refractivity contribution in [2.45, 2.75) is 32.2 Å². The van der Waals surface area contributed by atoms with Gasteiger partial charge in [0.2, 0.25) is 11.8 Å². The van der Waals surface area contributed by atoms with E-state index in [9.17, 15) is 0 Å². The summed E-state index contributed by atoms with van der Waals surface area (Å²) in [5, 5.41) is 3.58. The first-order valence-corrected chi connectivity index (χ1v) is 7.53. The summed E-state index contributed by atoms with van der Waals surface area (Å²) in [6.45, 7) is 4.32. The lowest BCUT2D eigenvalue weighted by Gasteiger charge is -2.16. The fourth-order valence-corrected chi connectivity index (χ4v) is 3.06. The van der Waals surface area contributed by atoms with Crippen LogP contribution in [0.1, 0.15) is 36.7 Å². The molecule has 0 spiro atoms. The topological polar surface area (TPSA) is 56.3 Å². The fraction of sp³-hybridized carbons (Fsp3) is 0.412. The number of hydrogen-bond donors (Lipinski definition) is 1. The number of hydrogen-bond acceptors (Lipinski definition) is 5. The Bertz CT molecular complexity index is 665. The number of methoxy groups -OCH3 is 2. The second kappa shape index (κ2) is 5.83. The minimum atomic E-state index is 0.0884. The van der Waals surface area contributed by atoms with Crippen molar-refractivity contribution in [2.24, 2.45) is 0 Å². The van der Waals surface area contributed by atoms with E-state index in [2.05, 4.69) is 47.3 Å². The first kappa shape index (κ1) is 14.6. The van der Waals surface area contributed by atoms with E-state index in [0.717, 1.165) is 12.2 Å². The molecular weight excluding hydrogens is 278 g/mol. The van der Waals surface area contributed by atoms with Crippen LogP contribution in [0.2, 0.25) is 0 Å². The molecule has 0 amide bonds. The van der Waals surface area contributed by atoms with Gasteiger partial charge in [-0.15, -0.1) is 0 Å². The minimum absolute atomic E-state index is 0.0884. The van der Waals surface area contributed by atoms with Crippen LogP contribution in [0.3, 0.4) is 0 Å². The maximum absolute atomic E-state index is 5.27. The van der Waals surface area contributed by atoms with Gasteiger partial charge in [0, 0.05) is 11.7 Å². The van der Waals surface area contributed by atoms with Crippen molar-refractivity contribution >= 4 is 5.69 Å². The average Bonchev–Trinajstić information content (AvgIpc) is 2.89. The third kappa shape index (κ3) is 2.36. The van der Waals surface area contributed by atoms with Crippen LogP contribution in [0, 0.1) is 0 Å². The van der Waals surface area contributed by atoms with Crippen LogP contribution < -0.4 is 14.8 Å². The number of rotatable bonds is 4. The smallest absolute Gasteiger partial charge is 0.220 e. The Hall–Kier alpha value is -2.30. The zero-order valence-corrected chi connectivity index (χ0v) is 13.4. The van der Waals surface area contributed by atoms with E-state index in [4.69, 9.17) is 9.47 Å². The van der Waals surface area contributed by atoms with Gasteiger partial charge in [0.25, 0.3) is 0 Å². The Morgan fingerprint density at radius 2 is 1.82 bits per heavy atom. The van der Waals surface area contributed by atoms with Gasteiger partial charge in [0.1, 0.15) is 5.82 Å². The second-order valence-electron chi connectivity index (χ2n) is 5.46. The van der Waals surface area contributed by atoms with Crippen LogP contribution in [0.25, 0.3) is 0 Å². The summed E-state index contributed by atoms with van der Waals surface area (Å²) in [5.41, 5.74) is 3.77. The molecule has 2 atom stereocenters. The minimum Gasteiger partial charge on any atom is -0.481 e. The number of aryl methyl sites for hydroxylation is 1. The third-order valence-corrected chi connectivity index (χ3v) is 4.16. The number of benzene rings is 1. The fourth-order valence-electron chi connectivity index (χ4n) is 3.06. The Labute approximate surface area is 130 Å². The Morgan fingerprint density at radius 3 is 2.41 bits per heavy atom. The van der Waals surface area contributed by atoms with Crippen LogP contribution in [0.5, 0.6) is 11.8 Å². The Morgan fingerprint density at radius 1 is 1.14 bits per heavy atom. The summed E-state index contributed by atoms with van der Waals surface area (Å²) >= 11 is 0. The van der Waals surface area contributed by atoms with E-state index in [1.807, 2.05) is 0 Å². The molecular formula is C17H21N3O2. The van der Waals surface area contributed by atoms with Gasteiger partial charge in [-0.05, 0) is 24.5 Å². The molecule has 1 N–H and O–H groups in total. The van der Waals surface area contributed by atoms with Crippen LogP contribution in [0.4, 0.5) is 5.69 Å². The molecule has 2 unspecified atom stereocenters. The highest BCUT2D eigenvalue weighted by atomic mass is 16.5. The van der Waals surface area contributed by atoms with E-state index in [0.29, 0.717) is 11.8 Å². The molecule has 5 nitrogen and oxygen atoms in total. The summed E-state index contributed by atoms with van der Waals surface area (Å²) in [6, 6.07) is 8.32. The van der Waals surface area contributed by atoms with E-state index >= 15 is 0 Å². The maximum Gasteiger partial charge on any atom is 0.220 e. The van der Waals surface area contributed by atoms with E-state index in [-0.39, 0.29) is 12.0 Å². The summed E-state index contributed by atoms with van der Waals surface area (Å²) in [7, 11) is 3.20. The highest BCUT2D eigenvalue weighted by Crippen LogP contribution is 2.41. The standard InChI is InChI=1S/C17H21N3O2/c1-5-11-7-6-8-12-15(10(2)18-16(11)12)17-19-13(21-3)9-14(20-17)22-4/h6-10,15,18H,5H2,1-4H3. The molecule has 2 heterocycles. The molecule has 0 saturated carbocycles. The number of anilines is 1. The van der Waals surface area contributed by atoms with Crippen molar-refractivity contribution in [3.8, 4) is 11.8 Å². The summed E-state index contributed by atoms with van der Waals surface area (Å²) in [4.78, 5) is 9.07. The van der Waals surface area contributed by atoms with Gasteiger partial charge in [-0.3, -0.25) is 0 Å². The molecule has 1 aromatic carbocycles. The van der Waals surface area contributed by atoms with Crippen molar-refractivity contribution < 1.29 is 9.47 Å². The van der Waals surface area contributed by atoms with Crippen LogP contribution >= 0.6 is 0 Å². The van der Waals surface area contributed by atoms with E-state index in [1.54, 1.807) is 20.3 Å². The lowest BCUT2D eigenvalue weighted by Crippen LogP contribution is -2.19. The number of ether oxygens (including phenoxy) is 2. The van der Waals surface area contributed by atoms with Crippen molar-refractivity contribution in [1.82, 2.24) is 9.97 Å². The highest BCUT2D eigenvalue weighted by Gasteiger charge is 2.34. The molecule has 1 aliphatic heterocycles. The number of para-hydroxylation sites is 1. The van der Waals surface area contributed by atoms with Gasteiger partial charge in [-0.2, -0.15) is 9.97 Å². The Kier molecular flexibility index (Phi) is 3.88. The summed E-state index contributed by atoms with van der Waals surface area (Å²) in [6.07, 6.45) is 0.998. The Balaban J connectivity index is 2.10. The van der Waals surface area contributed by atoms with Gasteiger partial charge in [0.05, 0.1) is 26.2 Å².